The Morgan fingerprint density at radius 2 is 2.39 bits per heavy atom. The van der Waals surface area contributed by atoms with Crippen molar-refractivity contribution in [1.29, 1.82) is 5.26 Å². The SMILES string of the molecule is C=CCNCC(=O)N(C)Cc1cccc(C#N)c1. The van der Waals surface area contributed by atoms with E-state index >= 15 is 0 Å². The third-order valence-electron chi connectivity index (χ3n) is 2.47. The molecular weight excluding hydrogens is 226 g/mol. The van der Waals surface area contributed by atoms with Crippen LogP contribution >= 0.6 is 0 Å². The zero-order valence-corrected chi connectivity index (χ0v) is 10.5. The Bertz CT molecular complexity index is 462. The third-order valence-corrected chi connectivity index (χ3v) is 2.47. The molecule has 1 rings (SSSR count). The normalized spacial score (nSPS) is 9.56. The predicted molar refractivity (Wildman–Crippen MR) is 70.7 cm³/mol. The fourth-order valence-corrected chi connectivity index (χ4v) is 1.52. The molecule has 1 amide bonds. The van der Waals surface area contributed by atoms with Crippen LogP contribution in [0.2, 0.25) is 0 Å². The van der Waals surface area contributed by atoms with Gasteiger partial charge in [0.1, 0.15) is 0 Å². The molecule has 0 fully saturated rings. The molecule has 0 aliphatic rings. The highest BCUT2D eigenvalue weighted by Gasteiger charge is 2.08. The van der Waals surface area contributed by atoms with Gasteiger partial charge in [-0.2, -0.15) is 5.26 Å². The highest BCUT2D eigenvalue weighted by atomic mass is 16.2. The minimum absolute atomic E-state index is 0.0132. The van der Waals surface area contributed by atoms with Gasteiger partial charge >= 0.3 is 0 Å². The first kappa shape index (κ1) is 13.9. The highest BCUT2D eigenvalue weighted by Crippen LogP contribution is 2.06. The lowest BCUT2D eigenvalue weighted by Gasteiger charge is -2.17. The van der Waals surface area contributed by atoms with Crippen molar-refractivity contribution < 1.29 is 4.79 Å². The van der Waals surface area contributed by atoms with Crippen molar-refractivity contribution in [2.24, 2.45) is 0 Å². The number of rotatable bonds is 6. The van der Waals surface area contributed by atoms with Crippen molar-refractivity contribution in [2.45, 2.75) is 6.54 Å². The molecule has 0 aliphatic heterocycles. The standard InChI is InChI=1S/C14H17N3O/c1-3-7-16-10-14(18)17(2)11-13-6-4-5-12(8-13)9-15/h3-6,8,16H,1,7,10-11H2,2H3. The average molecular weight is 243 g/mol. The first-order valence-electron chi connectivity index (χ1n) is 5.72. The minimum Gasteiger partial charge on any atom is -0.340 e. The van der Waals surface area contributed by atoms with Crippen LogP contribution in [-0.4, -0.2) is 30.9 Å². The van der Waals surface area contributed by atoms with Gasteiger partial charge in [-0.25, -0.2) is 0 Å². The van der Waals surface area contributed by atoms with Crippen LogP contribution in [0.15, 0.2) is 36.9 Å². The zero-order chi connectivity index (χ0) is 13.4. The van der Waals surface area contributed by atoms with Gasteiger partial charge in [0.05, 0.1) is 18.2 Å². The van der Waals surface area contributed by atoms with Gasteiger partial charge < -0.3 is 10.2 Å². The maximum absolute atomic E-state index is 11.7. The summed E-state index contributed by atoms with van der Waals surface area (Å²) in [5, 5.41) is 11.8. The number of carbonyl (C=O) groups excluding carboxylic acids is 1. The lowest BCUT2D eigenvalue weighted by molar-refractivity contribution is -0.129. The summed E-state index contributed by atoms with van der Waals surface area (Å²) in [5.74, 6) is 0.0132. The Labute approximate surface area is 108 Å². The van der Waals surface area contributed by atoms with Crippen LogP contribution in [0.25, 0.3) is 0 Å². The molecule has 1 aromatic carbocycles. The fraction of sp³-hybridized carbons (Fsp3) is 0.286. The summed E-state index contributed by atoms with van der Waals surface area (Å²) >= 11 is 0. The van der Waals surface area contributed by atoms with Crippen molar-refractivity contribution in [3.05, 3.63) is 48.0 Å². The number of hydrogen-bond acceptors (Lipinski definition) is 3. The number of likely N-dealkylation sites (N-methyl/N-ethyl adjacent to an activating group) is 1. The Hall–Kier alpha value is -2.12. The molecule has 0 aliphatic carbocycles. The maximum atomic E-state index is 11.7. The molecule has 1 N–H and O–H groups in total. The van der Waals surface area contributed by atoms with Gasteiger partial charge in [-0.3, -0.25) is 4.79 Å². The molecule has 0 bridgehead atoms. The number of nitrogens with zero attached hydrogens (tertiary/aromatic N) is 2. The van der Waals surface area contributed by atoms with Gasteiger partial charge in [-0.1, -0.05) is 18.2 Å². The summed E-state index contributed by atoms with van der Waals surface area (Å²) in [6.45, 7) is 4.98. The van der Waals surface area contributed by atoms with Crippen molar-refractivity contribution in [3.63, 3.8) is 0 Å². The second kappa shape index (κ2) is 7.25. The minimum atomic E-state index is 0.0132. The van der Waals surface area contributed by atoms with Gasteiger partial charge in [-0.05, 0) is 17.7 Å². The second-order valence-corrected chi connectivity index (χ2v) is 3.98. The van der Waals surface area contributed by atoms with Crippen molar-refractivity contribution in [1.82, 2.24) is 10.2 Å². The predicted octanol–water partition coefficient (Wildman–Crippen LogP) is 1.29. The molecule has 0 aromatic heterocycles. The van der Waals surface area contributed by atoms with Crippen LogP contribution in [0.3, 0.4) is 0 Å². The average Bonchev–Trinajstić information content (AvgIpc) is 2.39. The largest absolute Gasteiger partial charge is 0.340 e. The van der Waals surface area contributed by atoms with Crippen LogP contribution < -0.4 is 5.32 Å². The quantitative estimate of drug-likeness (QED) is 0.605. The summed E-state index contributed by atoms with van der Waals surface area (Å²) in [6, 6.07) is 9.35. The lowest BCUT2D eigenvalue weighted by Crippen LogP contribution is -2.35. The fourth-order valence-electron chi connectivity index (χ4n) is 1.52. The van der Waals surface area contributed by atoms with Crippen LogP contribution in [0.5, 0.6) is 0 Å². The number of hydrogen-bond donors (Lipinski definition) is 1. The Morgan fingerprint density at radius 1 is 1.61 bits per heavy atom. The number of nitriles is 1. The Balaban J connectivity index is 2.52. The summed E-state index contributed by atoms with van der Waals surface area (Å²) in [7, 11) is 1.75. The topological polar surface area (TPSA) is 56.1 Å². The van der Waals surface area contributed by atoms with Crippen LogP contribution in [0.4, 0.5) is 0 Å². The second-order valence-electron chi connectivity index (χ2n) is 3.98. The van der Waals surface area contributed by atoms with Gasteiger partial charge in [0.2, 0.25) is 5.91 Å². The lowest BCUT2D eigenvalue weighted by atomic mass is 10.1. The monoisotopic (exact) mass is 243 g/mol. The van der Waals surface area contributed by atoms with E-state index in [0.29, 0.717) is 25.2 Å². The first-order valence-corrected chi connectivity index (χ1v) is 5.72. The number of benzene rings is 1. The molecule has 0 saturated heterocycles. The van der Waals surface area contributed by atoms with E-state index in [-0.39, 0.29) is 5.91 Å². The summed E-state index contributed by atoms with van der Waals surface area (Å²) in [6.07, 6.45) is 1.71. The molecule has 0 atom stereocenters. The Morgan fingerprint density at radius 3 is 3.06 bits per heavy atom. The van der Waals surface area contributed by atoms with Gasteiger partial charge in [0, 0.05) is 20.1 Å². The van der Waals surface area contributed by atoms with Crippen LogP contribution in [-0.2, 0) is 11.3 Å². The Kier molecular flexibility index (Phi) is 5.62. The van der Waals surface area contributed by atoms with Crippen molar-refractivity contribution >= 4 is 5.91 Å². The number of amides is 1. The van der Waals surface area contributed by atoms with E-state index in [1.54, 1.807) is 30.2 Å². The number of carbonyl (C=O) groups is 1. The van der Waals surface area contributed by atoms with Gasteiger partial charge in [0.25, 0.3) is 0 Å². The molecule has 0 saturated carbocycles. The van der Waals surface area contributed by atoms with Gasteiger partial charge in [0.15, 0.2) is 0 Å². The molecule has 1 aromatic rings. The highest BCUT2D eigenvalue weighted by molar-refractivity contribution is 5.78. The van der Waals surface area contributed by atoms with E-state index in [2.05, 4.69) is 18.0 Å². The summed E-state index contributed by atoms with van der Waals surface area (Å²) in [4.78, 5) is 13.4. The molecular formula is C14H17N3O. The van der Waals surface area contributed by atoms with Gasteiger partial charge in [-0.15, -0.1) is 6.58 Å². The van der Waals surface area contributed by atoms with E-state index in [9.17, 15) is 4.79 Å². The molecule has 0 heterocycles. The molecule has 0 radical (unpaired) electrons. The van der Waals surface area contributed by atoms with E-state index in [1.807, 2.05) is 12.1 Å². The van der Waals surface area contributed by atoms with E-state index in [4.69, 9.17) is 5.26 Å². The summed E-state index contributed by atoms with van der Waals surface area (Å²) < 4.78 is 0. The molecule has 4 nitrogen and oxygen atoms in total. The number of nitrogens with one attached hydrogen (secondary N) is 1. The molecule has 0 unspecified atom stereocenters. The van der Waals surface area contributed by atoms with Crippen LogP contribution in [0.1, 0.15) is 11.1 Å². The molecule has 4 heteroatoms. The summed E-state index contributed by atoms with van der Waals surface area (Å²) in [5.41, 5.74) is 1.56. The first-order chi connectivity index (χ1) is 8.67. The molecule has 18 heavy (non-hydrogen) atoms. The van der Waals surface area contributed by atoms with E-state index in [0.717, 1.165) is 5.56 Å². The third kappa shape index (κ3) is 4.40. The van der Waals surface area contributed by atoms with Crippen molar-refractivity contribution in [3.8, 4) is 6.07 Å². The van der Waals surface area contributed by atoms with Crippen LogP contribution in [0, 0.1) is 11.3 Å². The smallest absolute Gasteiger partial charge is 0.236 e. The van der Waals surface area contributed by atoms with E-state index in [1.165, 1.54) is 0 Å². The van der Waals surface area contributed by atoms with E-state index < -0.39 is 0 Å². The molecule has 94 valence electrons. The molecule has 0 spiro atoms. The maximum Gasteiger partial charge on any atom is 0.236 e. The zero-order valence-electron chi connectivity index (χ0n) is 10.5. The van der Waals surface area contributed by atoms with Crippen molar-refractivity contribution in [2.75, 3.05) is 20.1 Å².